The van der Waals surface area contributed by atoms with Crippen molar-refractivity contribution in [3.63, 3.8) is 0 Å². The van der Waals surface area contributed by atoms with Gasteiger partial charge in [-0.3, -0.25) is 13.7 Å². The zero-order valence-electron chi connectivity index (χ0n) is 53.7. The fourth-order valence-corrected chi connectivity index (χ4v) is 10.7. The molecule has 0 aliphatic rings. The molecule has 0 fully saturated rings. The van der Waals surface area contributed by atoms with E-state index in [1.54, 1.807) is 0 Å². The molecule has 0 saturated heterocycles. The van der Waals surface area contributed by atoms with Crippen LogP contribution < -0.4 is 9.30 Å². The Labute approximate surface area is 476 Å². The van der Waals surface area contributed by atoms with Gasteiger partial charge < -0.3 is 4.74 Å². The second-order valence-corrected chi connectivity index (χ2v) is 26.6. The molecule has 8 aromatic carbocycles. The molecule has 0 aliphatic heterocycles. The van der Waals surface area contributed by atoms with E-state index in [0.717, 1.165) is 83.3 Å². The van der Waals surface area contributed by atoms with Gasteiger partial charge in [0, 0.05) is 23.0 Å². The van der Waals surface area contributed by atoms with Gasteiger partial charge in [-0.2, -0.15) is 0 Å². The molecule has 0 aliphatic carbocycles. The second kappa shape index (κ2) is 19.4. The Morgan fingerprint density at radius 2 is 1.04 bits per heavy atom. The van der Waals surface area contributed by atoms with Crippen molar-refractivity contribution in [1.82, 2.24) is 14.1 Å². The molecule has 0 N–H and O–H groups in total. The normalized spacial score (nSPS) is 13.6. The summed E-state index contributed by atoms with van der Waals surface area (Å²) in [5.74, 6) is 2.11. The SMILES string of the molecule is [2H]c1c([2H])c([2H])c(-c2cc(C(C)(C)C)cc(-c3cc(C(C)(C)C)cc(C(C)(C)C)c3)c2-[n+]2[c-]n(-c3cccc(Oc4ccc5c6ccccc6n(-c6cc(C(C)(C)C)ccn6)c5c4)c3)c3cc(-c4ccc(C(C)(C)C)cc4)ccc32)c([2H])c1[2H]. The van der Waals surface area contributed by atoms with Gasteiger partial charge in [0.05, 0.1) is 40.3 Å². The number of aromatic nitrogens is 4. The Morgan fingerprint density at radius 1 is 0.443 bits per heavy atom. The standard InChI is InChI=1S/C74H76N4O/c1-70(2,3)52-31-28-48(29-32-52)50-30-35-65-67(40-50)76(57-24-21-25-58(45-57)79-59-33-34-61-60-26-19-20-27-64(60)78(66(61)46-59)68-44-53(36-37-75-68)71(4,5)6)47-77(65)69-62(49-22-17-16-18-23-49)42-56(74(13,14)15)43-63(69)51-38-54(72(7,8)9)41-55(39-51)73(10,11)12/h16-46H,1-15H3/i16D,17D,18D,22D,23D. The molecule has 0 unspecified atom stereocenters. The first-order valence-corrected chi connectivity index (χ1v) is 27.7. The third-order valence-electron chi connectivity index (χ3n) is 15.5. The summed E-state index contributed by atoms with van der Waals surface area (Å²) in [6.07, 6.45) is 5.76. The Bertz CT molecular complexity index is 4350. The quantitative estimate of drug-likeness (QED) is 0.112. The van der Waals surface area contributed by atoms with E-state index >= 15 is 0 Å². The molecule has 11 aromatic rings. The van der Waals surface area contributed by atoms with Crippen molar-refractivity contribution in [2.45, 2.75) is 131 Å². The van der Waals surface area contributed by atoms with Crippen molar-refractivity contribution in [3.05, 3.63) is 222 Å². The van der Waals surface area contributed by atoms with Crippen LogP contribution in [0.5, 0.6) is 11.5 Å². The predicted octanol–water partition coefficient (Wildman–Crippen LogP) is 19.5. The number of pyridine rings is 1. The summed E-state index contributed by atoms with van der Waals surface area (Å²) in [5.41, 5.74) is 14.3. The molecule has 0 spiro atoms. The van der Waals surface area contributed by atoms with Crippen LogP contribution in [0.15, 0.2) is 188 Å². The van der Waals surface area contributed by atoms with Crippen molar-refractivity contribution >= 4 is 32.8 Å². The van der Waals surface area contributed by atoms with E-state index in [1.165, 1.54) is 11.1 Å². The van der Waals surface area contributed by atoms with E-state index < -0.39 is 23.5 Å². The molecule has 0 atom stereocenters. The maximum Gasteiger partial charge on any atom is 0.269 e. The first-order chi connectivity index (χ1) is 39.4. The predicted molar refractivity (Wildman–Crippen MR) is 332 cm³/mol. The fourth-order valence-electron chi connectivity index (χ4n) is 10.7. The van der Waals surface area contributed by atoms with Crippen LogP contribution in [0.4, 0.5) is 0 Å². The highest BCUT2D eigenvalue weighted by Crippen LogP contribution is 2.43. The molecular weight excluding hydrogens is 961 g/mol. The Morgan fingerprint density at radius 3 is 1.70 bits per heavy atom. The van der Waals surface area contributed by atoms with Crippen LogP contribution in [0.25, 0.3) is 83.4 Å². The first-order valence-electron chi connectivity index (χ1n) is 30.2. The minimum atomic E-state index is -0.443. The lowest BCUT2D eigenvalue weighted by molar-refractivity contribution is -0.571. The largest absolute Gasteiger partial charge is 0.458 e. The lowest BCUT2D eigenvalue weighted by Gasteiger charge is -2.29. The van der Waals surface area contributed by atoms with Gasteiger partial charge in [0.2, 0.25) is 0 Å². The van der Waals surface area contributed by atoms with Crippen LogP contribution in [0.2, 0.25) is 0 Å². The third-order valence-corrected chi connectivity index (χ3v) is 15.5. The number of nitrogens with zero attached hydrogens (tertiary/aromatic N) is 4. The average molecular weight is 1040 g/mol. The summed E-state index contributed by atoms with van der Waals surface area (Å²) in [5, 5.41) is 2.22. The number of benzene rings is 8. The number of para-hydroxylation sites is 1. The maximum absolute atomic E-state index is 9.60. The molecular formula is C74H76N4O. The van der Waals surface area contributed by atoms with Gasteiger partial charge >= 0.3 is 0 Å². The Balaban J connectivity index is 1.18. The highest BCUT2D eigenvalue weighted by atomic mass is 16.5. The van der Waals surface area contributed by atoms with Crippen LogP contribution in [0.1, 0.15) is 139 Å². The molecule has 0 bridgehead atoms. The van der Waals surface area contributed by atoms with Crippen LogP contribution in [-0.2, 0) is 27.1 Å². The van der Waals surface area contributed by atoms with Gasteiger partial charge in [-0.05, 0) is 143 Å². The fraction of sp³-hybridized carbons (Fsp3) is 0.270. The number of hydrogen-bond donors (Lipinski definition) is 0. The maximum atomic E-state index is 9.60. The lowest BCUT2D eigenvalue weighted by atomic mass is 9.77. The summed E-state index contributed by atoms with van der Waals surface area (Å²) in [4.78, 5) is 4.92. The van der Waals surface area contributed by atoms with Gasteiger partial charge in [0.1, 0.15) is 17.3 Å². The van der Waals surface area contributed by atoms with Crippen molar-refractivity contribution in [3.8, 4) is 62.1 Å². The molecule has 0 amide bonds. The van der Waals surface area contributed by atoms with E-state index in [1.807, 2.05) is 41.1 Å². The number of hydrogen-bond acceptors (Lipinski definition) is 2. The average Bonchev–Trinajstić information content (AvgIpc) is 4.24. The molecule has 11 rings (SSSR count). The molecule has 0 saturated carbocycles. The number of imidazole rings is 1. The minimum Gasteiger partial charge on any atom is -0.458 e. The Hall–Kier alpha value is -8.02. The Kier molecular flexibility index (Phi) is 11.6. The highest BCUT2D eigenvalue weighted by molar-refractivity contribution is 6.09. The van der Waals surface area contributed by atoms with E-state index in [0.29, 0.717) is 22.7 Å². The summed E-state index contributed by atoms with van der Waals surface area (Å²) < 4.78 is 59.3. The molecule has 5 heteroatoms. The highest BCUT2D eigenvalue weighted by Gasteiger charge is 2.28. The van der Waals surface area contributed by atoms with Crippen molar-refractivity contribution in [2.24, 2.45) is 0 Å². The van der Waals surface area contributed by atoms with Gasteiger partial charge in [0.15, 0.2) is 0 Å². The van der Waals surface area contributed by atoms with E-state index in [-0.39, 0.29) is 39.3 Å². The molecule has 0 radical (unpaired) electrons. The minimum absolute atomic E-state index is 0.0253. The van der Waals surface area contributed by atoms with Crippen molar-refractivity contribution < 1.29 is 16.2 Å². The third kappa shape index (κ3) is 10.3. The summed E-state index contributed by atoms with van der Waals surface area (Å²) in [6.45, 7) is 33.2. The van der Waals surface area contributed by atoms with Crippen LogP contribution >= 0.6 is 0 Å². The second-order valence-electron chi connectivity index (χ2n) is 26.6. The van der Waals surface area contributed by atoms with Gasteiger partial charge in [-0.15, -0.1) is 0 Å². The van der Waals surface area contributed by atoms with Gasteiger partial charge in [-0.1, -0.05) is 225 Å². The molecule has 79 heavy (non-hydrogen) atoms. The van der Waals surface area contributed by atoms with Crippen LogP contribution in [-0.4, -0.2) is 14.1 Å². The topological polar surface area (TPSA) is 35.9 Å². The van der Waals surface area contributed by atoms with Gasteiger partial charge in [0.25, 0.3) is 6.33 Å². The lowest BCUT2D eigenvalue weighted by Crippen LogP contribution is -2.32. The van der Waals surface area contributed by atoms with E-state index in [2.05, 4.69) is 241 Å². The summed E-state index contributed by atoms with van der Waals surface area (Å²) in [6, 6.07) is 51.5. The van der Waals surface area contributed by atoms with E-state index in [4.69, 9.17) is 13.8 Å². The first kappa shape index (κ1) is 47.0. The summed E-state index contributed by atoms with van der Waals surface area (Å²) >= 11 is 0. The molecule has 3 heterocycles. The van der Waals surface area contributed by atoms with Crippen LogP contribution in [0.3, 0.4) is 0 Å². The smallest absolute Gasteiger partial charge is 0.269 e. The number of rotatable bonds is 8. The van der Waals surface area contributed by atoms with E-state index in [9.17, 15) is 2.74 Å². The molecule has 398 valence electrons. The van der Waals surface area contributed by atoms with Crippen molar-refractivity contribution in [1.29, 1.82) is 0 Å². The summed E-state index contributed by atoms with van der Waals surface area (Å²) in [7, 11) is 0. The van der Waals surface area contributed by atoms with Crippen molar-refractivity contribution in [2.75, 3.05) is 0 Å². The van der Waals surface area contributed by atoms with Crippen LogP contribution in [0, 0.1) is 6.33 Å². The molecule has 3 aromatic heterocycles. The zero-order chi connectivity index (χ0) is 60.3. The zero-order valence-corrected chi connectivity index (χ0v) is 48.7. The number of ether oxygens (including phenoxy) is 1. The molecule has 5 nitrogen and oxygen atoms in total. The van der Waals surface area contributed by atoms with Gasteiger partial charge in [-0.25, -0.2) is 4.98 Å². The number of fused-ring (bicyclic) bond motifs is 4. The monoisotopic (exact) mass is 1040 g/mol.